The van der Waals surface area contributed by atoms with E-state index in [0.29, 0.717) is 17.3 Å². The third-order valence-corrected chi connectivity index (χ3v) is 4.01. The first-order chi connectivity index (χ1) is 12.6. The lowest BCUT2D eigenvalue weighted by Crippen LogP contribution is -2.28. The molecular formula is C19H17ClN4O2. The second-order valence-electron chi connectivity index (χ2n) is 5.67. The van der Waals surface area contributed by atoms with E-state index < -0.39 is 0 Å². The molecule has 0 aliphatic heterocycles. The molecule has 1 aromatic carbocycles. The van der Waals surface area contributed by atoms with E-state index in [-0.39, 0.29) is 24.4 Å². The predicted octanol–water partition coefficient (Wildman–Crippen LogP) is 2.67. The van der Waals surface area contributed by atoms with Gasteiger partial charge >= 0.3 is 0 Å². The van der Waals surface area contributed by atoms with Gasteiger partial charge in [-0.3, -0.25) is 14.6 Å². The van der Waals surface area contributed by atoms with Crippen LogP contribution in [0.4, 0.5) is 0 Å². The molecule has 0 aliphatic rings. The first-order valence-corrected chi connectivity index (χ1v) is 8.49. The van der Waals surface area contributed by atoms with E-state index in [4.69, 9.17) is 11.6 Å². The van der Waals surface area contributed by atoms with Crippen molar-refractivity contribution in [3.8, 4) is 11.3 Å². The number of carbonyl (C=O) groups is 1. The molecule has 0 aliphatic carbocycles. The normalized spacial score (nSPS) is 10.5. The summed E-state index contributed by atoms with van der Waals surface area (Å²) >= 11 is 6.00. The molecule has 0 saturated heterocycles. The topological polar surface area (TPSA) is 76.9 Å². The van der Waals surface area contributed by atoms with E-state index in [9.17, 15) is 9.59 Å². The van der Waals surface area contributed by atoms with Crippen molar-refractivity contribution in [1.82, 2.24) is 20.1 Å². The average molecular weight is 369 g/mol. The number of aryl methyl sites for hydroxylation is 1. The highest BCUT2D eigenvalue weighted by Gasteiger charge is 2.07. The number of amides is 1. The fourth-order valence-corrected chi connectivity index (χ4v) is 2.60. The Morgan fingerprint density at radius 2 is 1.92 bits per heavy atom. The summed E-state index contributed by atoms with van der Waals surface area (Å²) < 4.78 is 1.29. The molecule has 3 rings (SSSR count). The zero-order valence-electron chi connectivity index (χ0n) is 13.9. The minimum atomic E-state index is -0.252. The maximum Gasteiger partial charge on any atom is 0.266 e. The molecule has 0 atom stereocenters. The van der Waals surface area contributed by atoms with Gasteiger partial charge in [-0.25, -0.2) is 4.68 Å². The number of pyridine rings is 1. The first-order valence-electron chi connectivity index (χ1n) is 8.11. The first kappa shape index (κ1) is 17.8. The number of nitrogens with one attached hydrogen (secondary N) is 1. The van der Waals surface area contributed by atoms with E-state index in [0.717, 1.165) is 11.1 Å². The molecule has 1 N–H and O–H groups in total. The van der Waals surface area contributed by atoms with Crippen LogP contribution in [0.15, 0.2) is 65.7 Å². The fourth-order valence-electron chi connectivity index (χ4n) is 2.41. The van der Waals surface area contributed by atoms with Crippen molar-refractivity contribution >= 4 is 17.5 Å². The summed E-state index contributed by atoms with van der Waals surface area (Å²) in [5.41, 5.74) is 2.15. The van der Waals surface area contributed by atoms with Gasteiger partial charge in [0.25, 0.3) is 5.56 Å². The maximum atomic E-state index is 12.0. The molecule has 3 aromatic rings. The molecule has 1 amide bonds. The Hall–Kier alpha value is -2.99. The summed E-state index contributed by atoms with van der Waals surface area (Å²) in [6, 6.07) is 14.0. The zero-order chi connectivity index (χ0) is 18.4. The fraction of sp³-hybridized carbons (Fsp3) is 0.158. The van der Waals surface area contributed by atoms with Crippen molar-refractivity contribution in [2.75, 3.05) is 0 Å². The van der Waals surface area contributed by atoms with Crippen LogP contribution in [0.2, 0.25) is 5.02 Å². The number of aromatic nitrogens is 3. The predicted molar refractivity (Wildman–Crippen MR) is 99.6 cm³/mol. The van der Waals surface area contributed by atoms with Gasteiger partial charge in [0.2, 0.25) is 5.91 Å². The van der Waals surface area contributed by atoms with Crippen LogP contribution < -0.4 is 10.9 Å². The quantitative estimate of drug-likeness (QED) is 0.725. The molecule has 7 heteroatoms. The number of nitrogens with zero attached hydrogens (tertiary/aromatic N) is 3. The zero-order valence-corrected chi connectivity index (χ0v) is 14.7. The minimum Gasteiger partial charge on any atom is -0.352 e. The van der Waals surface area contributed by atoms with Gasteiger partial charge in [0.1, 0.15) is 0 Å². The maximum absolute atomic E-state index is 12.0. The van der Waals surface area contributed by atoms with Crippen LogP contribution >= 0.6 is 11.6 Å². The van der Waals surface area contributed by atoms with Crippen molar-refractivity contribution in [3.63, 3.8) is 0 Å². The van der Waals surface area contributed by atoms with Gasteiger partial charge in [-0.05, 0) is 35.9 Å². The minimum absolute atomic E-state index is 0.149. The molecule has 2 aromatic heterocycles. The van der Waals surface area contributed by atoms with Crippen molar-refractivity contribution in [3.05, 3.63) is 81.9 Å². The second-order valence-corrected chi connectivity index (χ2v) is 6.11. The van der Waals surface area contributed by atoms with E-state index in [1.165, 1.54) is 10.7 Å². The Morgan fingerprint density at radius 1 is 1.12 bits per heavy atom. The highest BCUT2D eigenvalue weighted by molar-refractivity contribution is 6.30. The molecule has 0 unspecified atom stereocenters. The van der Waals surface area contributed by atoms with Crippen LogP contribution in [-0.4, -0.2) is 20.7 Å². The monoisotopic (exact) mass is 368 g/mol. The Morgan fingerprint density at radius 3 is 2.69 bits per heavy atom. The molecular weight excluding hydrogens is 352 g/mol. The number of carbonyl (C=O) groups excluding carboxylic acids is 1. The number of hydrogen-bond donors (Lipinski definition) is 1. The summed E-state index contributed by atoms with van der Waals surface area (Å²) in [7, 11) is 0. The van der Waals surface area contributed by atoms with Crippen LogP contribution in [0, 0.1) is 0 Å². The third kappa shape index (κ3) is 4.77. The van der Waals surface area contributed by atoms with Crippen molar-refractivity contribution < 1.29 is 4.79 Å². The Labute approximate surface area is 155 Å². The Bertz CT molecular complexity index is 957. The van der Waals surface area contributed by atoms with Crippen molar-refractivity contribution in [2.24, 2.45) is 0 Å². The highest BCUT2D eigenvalue weighted by atomic mass is 35.5. The molecule has 26 heavy (non-hydrogen) atoms. The summed E-state index contributed by atoms with van der Waals surface area (Å²) in [6.45, 7) is 0.627. The second kappa shape index (κ2) is 8.40. The lowest BCUT2D eigenvalue weighted by molar-refractivity contribution is -0.121. The molecule has 0 bridgehead atoms. The van der Waals surface area contributed by atoms with E-state index in [2.05, 4.69) is 15.4 Å². The van der Waals surface area contributed by atoms with Gasteiger partial charge in [0.15, 0.2) is 0 Å². The summed E-state index contributed by atoms with van der Waals surface area (Å²) in [4.78, 5) is 27.9. The van der Waals surface area contributed by atoms with Gasteiger partial charge in [-0.15, -0.1) is 0 Å². The molecule has 6 nitrogen and oxygen atoms in total. The largest absolute Gasteiger partial charge is 0.352 e. The standard InChI is InChI=1S/C19H17ClN4O2/c20-16-3-1-2-15(12-16)17-4-5-19(26)24(23-17)11-8-18(25)22-13-14-6-9-21-10-7-14/h1-7,9-10,12H,8,11,13H2,(H,22,25). The van der Waals surface area contributed by atoms with Crippen molar-refractivity contribution in [2.45, 2.75) is 19.5 Å². The van der Waals surface area contributed by atoms with E-state index in [1.807, 2.05) is 24.3 Å². The molecule has 0 fully saturated rings. The third-order valence-electron chi connectivity index (χ3n) is 3.78. The van der Waals surface area contributed by atoms with E-state index >= 15 is 0 Å². The number of benzene rings is 1. The van der Waals surface area contributed by atoms with Gasteiger partial charge in [-0.1, -0.05) is 23.7 Å². The van der Waals surface area contributed by atoms with Gasteiger partial charge in [-0.2, -0.15) is 5.10 Å². The van der Waals surface area contributed by atoms with Crippen LogP contribution in [0.25, 0.3) is 11.3 Å². The van der Waals surface area contributed by atoms with Gasteiger partial charge in [0.05, 0.1) is 12.2 Å². The summed E-state index contributed by atoms with van der Waals surface area (Å²) in [5, 5.41) is 7.74. The van der Waals surface area contributed by atoms with Crippen LogP contribution in [0.1, 0.15) is 12.0 Å². The summed E-state index contributed by atoms with van der Waals surface area (Å²) in [5.74, 6) is -0.149. The molecule has 0 saturated carbocycles. The Balaban J connectivity index is 1.63. The molecule has 2 heterocycles. The smallest absolute Gasteiger partial charge is 0.266 e. The van der Waals surface area contributed by atoms with Crippen molar-refractivity contribution in [1.29, 1.82) is 0 Å². The SMILES string of the molecule is O=C(CCn1nc(-c2cccc(Cl)c2)ccc1=O)NCc1ccncc1. The number of rotatable bonds is 6. The number of hydrogen-bond acceptors (Lipinski definition) is 4. The van der Waals surface area contributed by atoms with Crippen LogP contribution in [0.5, 0.6) is 0 Å². The Kier molecular flexibility index (Phi) is 5.76. The number of halogens is 1. The highest BCUT2D eigenvalue weighted by Crippen LogP contribution is 2.19. The van der Waals surface area contributed by atoms with Gasteiger partial charge < -0.3 is 5.32 Å². The molecule has 0 spiro atoms. The lowest BCUT2D eigenvalue weighted by Gasteiger charge is -2.08. The lowest BCUT2D eigenvalue weighted by atomic mass is 10.1. The summed E-state index contributed by atoms with van der Waals surface area (Å²) in [6.07, 6.45) is 3.51. The van der Waals surface area contributed by atoms with Gasteiger partial charge in [0, 0.05) is 42.0 Å². The molecule has 0 radical (unpaired) electrons. The van der Waals surface area contributed by atoms with E-state index in [1.54, 1.807) is 30.6 Å². The van der Waals surface area contributed by atoms with Crippen LogP contribution in [0.3, 0.4) is 0 Å². The molecule has 132 valence electrons. The average Bonchev–Trinajstić information content (AvgIpc) is 2.66. The van der Waals surface area contributed by atoms with Crippen LogP contribution in [-0.2, 0) is 17.9 Å².